The average Bonchev–Trinajstić information content (AvgIpc) is 3.06. The number of hydrogen-bond acceptors (Lipinski definition) is 4. The highest BCUT2D eigenvalue weighted by molar-refractivity contribution is 5.81. The van der Waals surface area contributed by atoms with Crippen molar-refractivity contribution in [3.8, 4) is 0 Å². The van der Waals surface area contributed by atoms with E-state index in [1.165, 1.54) is 0 Å². The Bertz CT molecular complexity index is 402. The van der Waals surface area contributed by atoms with Crippen molar-refractivity contribution in [1.29, 1.82) is 0 Å². The molecule has 0 aromatic heterocycles. The number of carbonyl (C=O) groups is 1. The average molecular weight is 357 g/mol. The highest BCUT2D eigenvalue weighted by Gasteiger charge is 2.20. The number of ether oxygens (including phenoxy) is 2. The van der Waals surface area contributed by atoms with Gasteiger partial charge < -0.3 is 25.4 Å². The predicted molar refractivity (Wildman–Crippen MR) is 101 cm³/mol. The van der Waals surface area contributed by atoms with Crippen LogP contribution in [0.3, 0.4) is 0 Å². The maximum absolute atomic E-state index is 11.8. The summed E-state index contributed by atoms with van der Waals surface area (Å²) in [5, 5.41) is 9.35. The highest BCUT2D eigenvalue weighted by Crippen LogP contribution is 2.12. The normalized spacial score (nSPS) is 18.2. The van der Waals surface area contributed by atoms with Crippen LogP contribution in [-0.2, 0) is 14.3 Å². The maximum Gasteiger partial charge on any atom is 0.225 e. The molecule has 7 heteroatoms. The molecule has 0 radical (unpaired) electrons. The Morgan fingerprint density at radius 1 is 1.24 bits per heavy atom. The van der Waals surface area contributed by atoms with Gasteiger partial charge in [0.2, 0.25) is 5.91 Å². The fourth-order valence-electron chi connectivity index (χ4n) is 2.29. The van der Waals surface area contributed by atoms with Gasteiger partial charge in [0, 0.05) is 50.7 Å². The van der Waals surface area contributed by atoms with Crippen LogP contribution < -0.4 is 16.0 Å². The summed E-state index contributed by atoms with van der Waals surface area (Å²) in [5.41, 5.74) is -0.358. The molecule has 146 valence electrons. The van der Waals surface area contributed by atoms with E-state index < -0.39 is 0 Å². The first-order chi connectivity index (χ1) is 11.9. The van der Waals surface area contributed by atoms with Crippen molar-refractivity contribution in [3.63, 3.8) is 0 Å². The van der Waals surface area contributed by atoms with E-state index in [1.807, 2.05) is 27.7 Å². The van der Waals surface area contributed by atoms with E-state index in [9.17, 15) is 4.79 Å². The van der Waals surface area contributed by atoms with Gasteiger partial charge in [0.25, 0.3) is 0 Å². The third-order valence-electron chi connectivity index (χ3n) is 3.82. The number of rotatable bonds is 10. The van der Waals surface area contributed by atoms with Crippen LogP contribution in [0.15, 0.2) is 4.99 Å². The van der Waals surface area contributed by atoms with E-state index in [2.05, 4.69) is 20.9 Å². The molecule has 1 rings (SSSR count). The lowest BCUT2D eigenvalue weighted by atomic mass is 9.96. The smallest absolute Gasteiger partial charge is 0.225 e. The first-order valence-electron chi connectivity index (χ1n) is 9.39. The molecule has 1 amide bonds. The van der Waals surface area contributed by atoms with Crippen molar-refractivity contribution < 1.29 is 14.3 Å². The van der Waals surface area contributed by atoms with Crippen molar-refractivity contribution in [3.05, 3.63) is 0 Å². The van der Waals surface area contributed by atoms with Crippen LogP contribution in [0.5, 0.6) is 0 Å². The quantitative estimate of drug-likeness (QED) is 0.311. The number of nitrogens with zero attached hydrogens (tertiary/aromatic N) is 1. The van der Waals surface area contributed by atoms with Crippen LogP contribution in [0.2, 0.25) is 0 Å². The molecule has 0 aliphatic carbocycles. The summed E-state index contributed by atoms with van der Waals surface area (Å²) >= 11 is 0. The molecule has 0 bridgehead atoms. The Balaban J connectivity index is 2.12. The van der Waals surface area contributed by atoms with Crippen LogP contribution in [0.4, 0.5) is 0 Å². The van der Waals surface area contributed by atoms with Gasteiger partial charge in [-0.3, -0.25) is 9.79 Å². The Morgan fingerprint density at radius 2 is 2.00 bits per heavy atom. The van der Waals surface area contributed by atoms with Crippen molar-refractivity contribution in [2.75, 3.05) is 52.6 Å². The Hall–Kier alpha value is -1.34. The first kappa shape index (κ1) is 21.7. The minimum atomic E-state index is -0.358. The number of carbonyl (C=O) groups excluding carboxylic acids is 1. The minimum Gasteiger partial charge on any atom is -0.381 e. The Labute approximate surface area is 152 Å². The highest BCUT2D eigenvalue weighted by atomic mass is 16.5. The molecule has 1 unspecified atom stereocenters. The van der Waals surface area contributed by atoms with E-state index in [4.69, 9.17) is 9.47 Å². The van der Waals surface area contributed by atoms with Crippen molar-refractivity contribution in [2.24, 2.45) is 16.3 Å². The Kier molecular flexibility index (Phi) is 10.5. The number of aliphatic imine (C=N–C) groups is 1. The van der Waals surface area contributed by atoms with E-state index in [0.717, 1.165) is 51.8 Å². The van der Waals surface area contributed by atoms with Gasteiger partial charge in [0.05, 0.1) is 13.2 Å². The van der Waals surface area contributed by atoms with Crippen LogP contribution in [-0.4, -0.2) is 64.5 Å². The van der Waals surface area contributed by atoms with Gasteiger partial charge in [-0.1, -0.05) is 20.8 Å². The van der Waals surface area contributed by atoms with Gasteiger partial charge in [-0.15, -0.1) is 0 Å². The van der Waals surface area contributed by atoms with E-state index >= 15 is 0 Å². The minimum absolute atomic E-state index is 0.0565. The predicted octanol–water partition coefficient (Wildman–Crippen LogP) is 1.15. The summed E-state index contributed by atoms with van der Waals surface area (Å²) in [4.78, 5) is 16.3. The summed E-state index contributed by atoms with van der Waals surface area (Å²) in [6.45, 7) is 13.7. The molecule has 0 spiro atoms. The lowest BCUT2D eigenvalue weighted by Gasteiger charge is -2.18. The van der Waals surface area contributed by atoms with Crippen LogP contribution in [0.1, 0.15) is 40.5 Å². The van der Waals surface area contributed by atoms with Crippen molar-refractivity contribution in [1.82, 2.24) is 16.0 Å². The van der Waals surface area contributed by atoms with E-state index in [1.54, 1.807) is 0 Å². The monoisotopic (exact) mass is 356 g/mol. The van der Waals surface area contributed by atoms with E-state index in [0.29, 0.717) is 25.6 Å². The summed E-state index contributed by atoms with van der Waals surface area (Å²) in [7, 11) is 0. The molecule has 0 aromatic rings. The summed E-state index contributed by atoms with van der Waals surface area (Å²) in [5.74, 6) is 1.39. The number of nitrogens with one attached hydrogen (secondary N) is 3. The lowest BCUT2D eigenvalue weighted by Crippen LogP contribution is -2.43. The van der Waals surface area contributed by atoms with Crippen LogP contribution >= 0.6 is 0 Å². The maximum atomic E-state index is 11.8. The Morgan fingerprint density at radius 3 is 2.64 bits per heavy atom. The molecule has 3 N–H and O–H groups in total. The second kappa shape index (κ2) is 12.1. The zero-order valence-corrected chi connectivity index (χ0v) is 16.3. The standard InChI is InChI=1S/C18H36N4O3/c1-5-19-17(22-10-9-20-16(23)18(2,3)4)21-8-6-11-24-13-15-7-12-25-14-15/h15H,5-14H2,1-4H3,(H,20,23)(H2,19,21,22). The van der Waals surface area contributed by atoms with E-state index in [-0.39, 0.29) is 11.3 Å². The summed E-state index contributed by atoms with van der Waals surface area (Å²) < 4.78 is 11.0. The zero-order chi connectivity index (χ0) is 18.5. The zero-order valence-electron chi connectivity index (χ0n) is 16.3. The molecular formula is C18H36N4O3. The molecular weight excluding hydrogens is 320 g/mol. The molecule has 7 nitrogen and oxygen atoms in total. The lowest BCUT2D eigenvalue weighted by molar-refractivity contribution is -0.128. The van der Waals surface area contributed by atoms with Crippen LogP contribution in [0.25, 0.3) is 0 Å². The van der Waals surface area contributed by atoms with Gasteiger partial charge in [0.15, 0.2) is 5.96 Å². The second-order valence-electron chi connectivity index (χ2n) is 7.35. The fourth-order valence-corrected chi connectivity index (χ4v) is 2.29. The molecule has 1 aliphatic rings. The third kappa shape index (κ3) is 10.3. The summed E-state index contributed by atoms with van der Waals surface area (Å²) in [6.07, 6.45) is 2.00. The van der Waals surface area contributed by atoms with Gasteiger partial charge in [-0.05, 0) is 19.8 Å². The van der Waals surface area contributed by atoms with Gasteiger partial charge in [0.1, 0.15) is 0 Å². The topological polar surface area (TPSA) is 84.0 Å². The largest absolute Gasteiger partial charge is 0.381 e. The molecule has 1 atom stereocenters. The van der Waals surface area contributed by atoms with Gasteiger partial charge in [-0.2, -0.15) is 0 Å². The van der Waals surface area contributed by atoms with Crippen LogP contribution in [0, 0.1) is 11.3 Å². The number of amides is 1. The first-order valence-corrected chi connectivity index (χ1v) is 9.39. The molecule has 0 saturated carbocycles. The van der Waals surface area contributed by atoms with Gasteiger partial charge in [-0.25, -0.2) is 0 Å². The molecule has 1 saturated heterocycles. The van der Waals surface area contributed by atoms with Crippen molar-refractivity contribution in [2.45, 2.75) is 40.5 Å². The number of guanidine groups is 1. The van der Waals surface area contributed by atoms with Crippen molar-refractivity contribution >= 4 is 11.9 Å². The molecule has 0 aromatic carbocycles. The van der Waals surface area contributed by atoms with Gasteiger partial charge >= 0.3 is 0 Å². The number of hydrogen-bond donors (Lipinski definition) is 3. The molecule has 25 heavy (non-hydrogen) atoms. The fraction of sp³-hybridized carbons (Fsp3) is 0.889. The summed E-state index contributed by atoms with van der Waals surface area (Å²) in [6, 6.07) is 0. The second-order valence-corrected chi connectivity index (χ2v) is 7.35. The molecule has 1 heterocycles. The molecule has 1 fully saturated rings. The third-order valence-corrected chi connectivity index (χ3v) is 3.82. The SMILES string of the molecule is CCNC(=NCCCOCC1CCOC1)NCCNC(=O)C(C)(C)C. The molecule has 1 aliphatic heterocycles.